The summed E-state index contributed by atoms with van der Waals surface area (Å²) in [5.74, 6) is 0. The van der Waals surface area contributed by atoms with E-state index in [4.69, 9.17) is 5.73 Å². The highest BCUT2D eigenvalue weighted by atomic mass is 32.2. The van der Waals surface area contributed by atoms with Crippen molar-refractivity contribution in [2.45, 2.75) is 65.4 Å². The smallest absolute Gasteiger partial charge is 0.0812 e. The maximum atomic E-state index is 13.3. The van der Waals surface area contributed by atoms with Gasteiger partial charge in [-0.1, -0.05) is 20.8 Å². The van der Waals surface area contributed by atoms with E-state index in [1.807, 2.05) is 31.3 Å². The standard InChI is InChI=1S/C23H30FN3S/c1-7-27-20-9-8-16(28-24)11-17(20)19(12-23(4,5)6)22(27)18-10-14(2)13-26-21(18)15(3)25/h8-11,13,15H,7,12,25H2,1-6H3. The van der Waals surface area contributed by atoms with Crippen molar-refractivity contribution in [2.75, 3.05) is 0 Å². The molecule has 150 valence electrons. The van der Waals surface area contributed by atoms with Crippen LogP contribution in [0.2, 0.25) is 0 Å². The second-order valence-electron chi connectivity index (χ2n) is 8.80. The molecule has 0 spiro atoms. The molecule has 0 fully saturated rings. The molecule has 0 aliphatic rings. The minimum atomic E-state index is -0.168. The molecule has 3 aromatic rings. The Morgan fingerprint density at radius 3 is 2.54 bits per heavy atom. The molecule has 1 aromatic carbocycles. The van der Waals surface area contributed by atoms with Crippen LogP contribution in [0.3, 0.4) is 0 Å². The molecule has 3 nitrogen and oxygen atoms in total. The first-order valence-corrected chi connectivity index (χ1v) is 10.5. The predicted molar refractivity (Wildman–Crippen MR) is 118 cm³/mol. The number of benzene rings is 1. The fraction of sp³-hybridized carbons (Fsp3) is 0.435. The van der Waals surface area contributed by atoms with Gasteiger partial charge in [-0.05, 0) is 68.0 Å². The lowest BCUT2D eigenvalue weighted by Crippen LogP contribution is -2.13. The fourth-order valence-corrected chi connectivity index (χ4v) is 4.21. The van der Waals surface area contributed by atoms with Crippen LogP contribution in [0.25, 0.3) is 22.2 Å². The van der Waals surface area contributed by atoms with Crippen molar-refractivity contribution in [1.29, 1.82) is 0 Å². The summed E-state index contributed by atoms with van der Waals surface area (Å²) < 4.78 is 15.7. The third-order valence-electron chi connectivity index (χ3n) is 4.99. The number of nitrogens with two attached hydrogens (primary N) is 1. The second-order valence-corrected chi connectivity index (χ2v) is 9.42. The summed E-state index contributed by atoms with van der Waals surface area (Å²) in [6.07, 6.45) is 2.76. The van der Waals surface area contributed by atoms with Crippen LogP contribution in [-0.2, 0) is 13.0 Å². The van der Waals surface area contributed by atoms with E-state index in [1.165, 1.54) is 5.56 Å². The van der Waals surface area contributed by atoms with Crippen LogP contribution in [0.15, 0.2) is 35.4 Å². The zero-order chi connectivity index (χ0) is 20.6. The van der Waals surface area contributed by atoms with Crippen LogP contribution >= 0.6 is 12.1 Å². The van der Waals surface area contributed by atoms with Crippen molar-refractivity contribution < 1.29 is 3.89 Å². The van der Waals surface area contributed by atoms with Gasteiger partial charge in [-0.3, -0.25) is 4.98 Å². The van der Waals surface area contributed by atoms with Gasteiger partial charge in [0.25, 0.3) is 0 Å². The predicted octanol–water partition coefficient (Wildman–Crippen LogP) is 6.62. The molecular weight excluding hydrogens is 369 g/mol. The summed E-state index contributed by atoms with van der Waals surface area (Å²) in [7, 11) is 0. The third kappa shape index (κ3) is 3.96. The number of halogens is 1. The van der Waals surface area contributed by atoms with Crippen molar-refractivity contribution in [1.82, 2.24) is 9.55 Å². The van der Waals surface area contributed by atoms with Crippen molar-refractivity contribution in [2.24, 2.45) is 11.1 Å². The first kappa shape index (κ1) is 20.9. The Labute approximate surface area is 171 Å². The van der Waals surface area contributed by atoms with Crippen molar-refractivity contribution in [3.8, 4) is 11.3 Å². The molecular formula is C23H30FN3S. The summed E-state index contributed by atoms with van der Waals surface area (Å²) in [5.41, 5.74) is 13.0. The normalized spacial score (nSPS) is 13.3. The van der Waals surface area contributed by atoms with E-state index in [-0.39, 0.29) is 11.5 Å². The Morgan fingerprint density at radius 1 is 1.25 bits per heavy atom. The van der Waals surface area contributed by atoms with Crippen LogP contribution in [0.1, 0.15) is 57.5 Å². The summed E-state index contributed by atoms with van der Waals surface area (Å²) >= 11 is 0.298. The maximum Gasteiger partial charge on any atom is 0.0812 e. The molecule has 28 heavy (non-hydrogen) atoms. The molecule has 1 unspecified atom stereocenters. The summed E-state index contributed by atoms with van der Waals surface area (Å²) in [5, 5.41) is 1.12. The minimum absolute atomic E-state index is 0.0895. The zero-order valence-corrected chi connectivity index (χ0v) is 18.5. The van der Waals surface area contributed by atoms with Crippen molar-refractivity contribution >= 4 is 23.1 Å². The highest BCUT2D eigenvalue weighted by molar-refractivity contribution is 7.94. The van der Waals surface area contributed by atoms with Gasteiger partial charge >= 0.3 is 0 Å². The van der Waals surface area contributed by atoms with Crippen LogP contribution in [0.4, 0.5) is 3.89 Å². The molecule has 0 aliphatic carbocycles. The Hall–Kier alpha value is -1.85. The third-order valence-corrected chi connectivity index (χ3v) is 5.43. The minimum Gasteiger partial charge on any atom is -0.340 e. The quantitative estimate of drug-likeness (QED) is 0.524. The van der Waals surface area contributed by atoms with Crippen molar-refractivity contribution in [3.05, 3.63) is 47.3 Å². The molecule has 0 amide bonds. The molecule has 5 heteroatoms. The van der Waals surface area contributed by atoms with Gasteiger partial charge in [0.05, 0.1) is 23.5 Å². The van der Waals surface area contributed by atoms with Crippen LogP contribution < -0.4 is 5.73 Å². The molecule has 1 atom stereocenters. The van der Waals surface area contributed by atoms with Crippen LogP contribution in [0, 0.1) is 12.3 Å². The molecule has 2 heterocycles. The highest BCUT2D eigenvalue weighted by Gasteiger charge is 2.25. The van der Waals surface area contributed by atoms with Gasteiger partial charge in [0.2, 0.25) is 0 Å². The largest absolute Gasteiger partial charge is 0.340 e. The van der Waals surface area contributed by atoms with E-state index in [0.717, 1.165) is 46.4 Å². The first-order chi connectivity index (χ1) is 13.2. The lowest BCUT2D eigenvalue weighted by Gasteiger charge is -2.21. The maximum absolute atomic E-state index is 13.3. The molecule has 2 aromatic heterocycles. The Balaban J connectivity index is 2.45. The number of rotatable bonds is 5. The lowest BCUT2D eigenvalue weighted by atomic mass is 9.85. The number of nitrogens with zero attached hydrogens (tertiary/aromatic N) is 2. The molecule has 0 bridgehead atoms. The van der Waals surface area contributed by atoms with Crippen LogP contribution in [-0.4, -0.2) is 9.55 Å². The molecule has 0 aliphatic heterocycles. The van der Waals surface area contributed by atoms with Gasteiger partial charge in [-0.2, -0.15) is 3.89 Å². The Kier molecular flexibility index (Phi) is 5.87. The van der Waals surface area contributed by atoms with Crippen molar-refractivity contribution in [3.63, 3.8) is 0 Å². The molecule has 0 radical (unpaired) electrons. The van der Waals surface area contributed by atoms with Gasteiger partial charge in [0.15, 0.2) is 0 Å². The molecule has 0 saturated carbocycles. The number of pyridine rings is 1. The Bertz CT molecular complexity index is 999. The number of aromatic nitrogens is 2. The monoisotopic (exact) mass is 399 g/mol. The van der Waals surface area contributed by atoms with Gasteiger partial charge in [-0.15, -0.1) is 0 Å². The van der Waals surface area contributed by atoms with E-state index in [2.05, 4.69) is 50.2 Å². The average molecular weight is 400 g/mol. The van der Waals surface area contributed by atoms with Crippen LogP contribution in [0.5, 0.6) is 0 Å². The van der Waals surface area contributed by atoms with Gasteiger partial charge in [0.1, 0.15) is 0 Å². The second kappa shape index (κ2) is 7.88. The SMILES string of the molecule is CCn1c(-c2cc(C)cnc2C(C)N)c(CC(C)(C)C)c2cc(SF)ccc21. The number of hydrogen-bond donors (Lipinski definition) is 1. The van der Waals surface area contributed by atoms with Gasteiger partial charge in [0, 0.05) is 40.1 Å². The van der Waals surface area contributed by atoms with Gasteiger partial charge in [-0.25, -0.2) is 0 Å². The van der Waals surface area contributed by atoms with E-state index in [1.54, 1.807) is 0 Å². The Morgan fingerprint density at radius 2 is 1.96 bits per heavy atom. The number of aryl methyl sites for hydroxylation is 2. The van der Waals surface area contributed by atoms with E-state index in [9.17, 15) is 3.89 Å². The van der Waals surface area contributed by atoms with Gasteiger partial charge < -0.3 is 10.3 Å². The van der Waals surface area contributed by atoms with E-state index in [0.29, 0.717) is 17.0 Å². The van der Waals surface area contributed by atoms with E-state index < -0.39 is 0 Å². The lowest BCUT2D eigenvalue weighted by molar-refractivity contribution is 0.412. The molecule has 0 saturated heterocycles. The fourth-order valence-electron chi connectivity index (χ4n) is 3.93. The summed E-state index contributed by atoms with van der Waals surface area (Å²) in [6.45, 7) is 13.7. The first-order valence-electron chi connectivity index (χ1n) is 9.82. The summed E-state index contributed by atoms with van der Waals surface area (Å²) in [4.78, 5) is 5.30. The highest BCUT2D eigenvalue weighted by Crippen LogP contribution is 2.41. The zero-order valence-electron chi connectivity index (χ0n) is 17.6. The average Bonchev–Trinajstić information content (AvgIpc) is 2.92. The number of hydrogen-bond acceptors (Lipinski definition) is 3. The molecule has 3 rings (SSSR count). The summed E-state index contributed by atoms with van der Waals surface area (Å²) in [6, 6.07) is 7.88. The molecule has 2 N–H and O–H groups in total. The topological polar surface area (TPSA) is 43.8 Å². The number of fused-ring (bicyclic) bond motifs is 1. The van der Waals surface area contributed by atoms with E-state index >= 15 is 0 Å².